The van der Waals surface area contributed by atoms with Crippen molar-refractivity contribution in [3.8, 4) is 0 Å². The van der Waals surface area contributed by atoms with Crippen molar-refractivity contribution in [3.05, 3.63) is 35.2 Å². The van der Waals surface area contributed by atoms with E-state index in [1.165, 1.54) is 9.80 Å². The van der Waals surface area contributed by atoms with Crippen LogP contribution >= 0.6 is 15.9 Å². The topological polar surface area (TPSA) is 23.6 Å². The van der Waals surface area contributed by atoms with Gasteiger partial charge in [-0.15, -0.1) is 0 Å². The molecule has 0 unspecified atom stereocenters. The molecule has 0 spiro atoms. The summed E-state index contributed by atoms with van der Waals surface area (Å²) in [5.74, 6) is 0. The Morgan fingerprint density at radius 2 is 2.29 bits per heavy atom. The van der Waals surface area contributed by atoms with Crippen molar-refractivity contribution in [2.24, 2.45) is 0 Å². The van der Waals surface area contributed by atoms with Crippen molar-refractivity contribution in [1.82, 2.24) is 9.80 Å². The van der Waals surface area contributed by atoms with E-state index < -0.39 is 0 Å². The Balaban J connectivity index is 2.95. The van der Waals surface area contributed by atoms with Crippen molar-refractivity contribution in [2.45, 2.75) is 13.3 Å². The maximum Gasteiger partial charge on any atom is 0.332 e. The van der Waals surface area contributed by atoms with Gasteiger partial charge >= 0.3 is 6.03 Å². The number of urea groups is 1. The van der Waals surface area contributed by atoms with Crippen LogP contribution < -0.4 is 0 Å². The second-order valence-corrected chi connectivity index (χ2v) is 3.83. The van der Waals surface area contributed by atoms with Gasteiger partial charge in [-0.3, -0.25) is 4.90 Å². The SMILES string of the molecule is C=C1C(Br)=CN(C)C(=O)N1/C=C\CC. The molecule has 0 saturated carbocycles. The van der Waals surface area contributed by atoms with E-state index >= 15 is 0 Å². The van der Waals surface area contributed by atoms with Gasteiger partial charge in [-0.25, -0.2) is 4.79 Å². The van der Waals surface area contributed by atoms with Crippen LogP contribution in [-0.2, 0) is 0 Å². The Labute approximate surface area is 92.5 Å². The summed E-state index contributed by atoms with van der Waals surface area (Å²) in [5, 5.41) is 0. The highest BCUT2D eigenvalue weighted by molar-refractivity contribution is 9.12. The number of nitrogens with zero attached hydrogens (tertiary/aromatic N) is 2. The van der Waals surface area contributed by atoms with Crippen molar-refractivity contribution in [2.75, 3.05) is 7.05 Å². The zero-order valence-electron chi connectivity index (χ0n) is 8.33. The summed E-state index contributed by atoms with van der Waals surface area (Å²) in [5.41, 5.74) is 0.665. The fraction of sp³-hybridized carbons (Fsp3) is 0.300. The predicted octanol–water partition coefficient (Wildman–Crippen LogP) is 3.03. The molecule has 14 heavy (non-hydrogen) atoms. The summed E-state index contributed by atoms with van der Waals surface area (Å²) in [6, 6.07) is -0.0945. The van der Waals surface area contributed by atoms with Crippen LogP contribution in [0.1, 0.15) is 13.3 Å². The molecule has 0 N–H and O–H groups in total. The molecule has 1 aliphatic rings. The number of carbonyl (C=O) groups excluding carboxylic acids is 1. The fourth-order valence-electron chi connectivity index (χ4n) is 1.06. The van der Waals surface area contributed by atoms with Crippen LogP contribution in [0.3, 0.4) is 0 Å². The maximum absolute atomic E-state index is 11.7. The Kier molecular flexibility index (Phi) is 3.52. The lowest BCUT2D eigenvalue weighted by Gasteiger charge is -2.29. The second-order valence-electron chi connectivity index (χ2n) is 2.98. The molecule has 2 amide bonds. The van der Waals surface area contributed by atoms with E-state index in [4.69, 9.17) is 0 Å². The minimum atomic E-state index is -0.0945. The molecule has 0 bridgehead atoms. The lowest BCUT2D eigenvalue weighted by Crippen LogP contribution is -2.38. The molecule has 0 aliphatic carbocycles. The lowest BCUT2D eigenvalue weighted by atomic mass is 10.3. The van der Waals surface area contributed by atoms with Crippen LogP contribution in [0.5, 0.6) is 0 Å². The normalized spacial score (nSPS) is 18.1. The summed E-state index contributed by atoms with van der Waals surface area (Å²) in [7, 11) is 1.71. The van der Waals surface area contributed by atoms with Gasteiger partial charge in [-0.05, 0) is 22.4 Å². The third kappa shape index (κ3) is 2.07. The Morgan fingerprint density at radius 3 is 2.86 bits per heavy atom. The van der Waals surface area contributed by atoms with E-state index in [9.17, 15) is 4.79 Å². The molecular weight excluding hydrogens is 244 g/mol. The first-order valence-electron chi connectivity index (χ1n) is 4.37. The summed E-state index contributed by atoms with van der Waals surface area (Å²) < 4.78 is 0.820. The number of amides is 2. The number of halogens is 1. The zero-order chi connectivity index (χ0) is 10.7. The quantitative estimate of drug-likeness (QED) is 0.745. The van der Waals surface area contributed by atoms with E-state index in [0.29, 0.717) is 5.70 Å². The molecule has 0 saturated heterocycles. The summed E-state index contributed by atoms with van der Waals surface area (Å²) in [6.07, 6.45) is 6.26. The first-order chi connectivity index (χ1) is 6.57. The van der Waals surface area contributed by atoms with E-state index in [1.807, 2.05) is 13.0 Å². The molecule has 1 heterocycles. The van der Waals surface area contributed by atoms with E-state index in [-0.39, 0.29) is 6.03 Å². The highest BCUT2D eigenvalue weighted by Crippen LogP contribution is 2.26. The van der Waals surface area contributed by atoms with Crippen molar-refractivity contribution in [1.29, 1.82) is 0 Å². The van der Waals surface area contributed by atoms with Gasteiger partial charge in [0.2, 0.25) is 0 Å². The van der Waals surface area contributed by atoms with E-state index in [1.54, 1.807) is 19.4 Å². The highest BCUT2D eigenvalue weighted by Gasteiger charge is 2.24. The monoisotopic (exact) mass is 256 g/mol. The zero-order valence-corrected chi connectivity index (χ0v) is 9.91. The van der Waals surface area contributed by atoms with Gasteiger partial charge in [0.1, 0.15) is 0 Å². The van der Waals surface area contributed by atoms with Crippen LogP contribution in [-0.4, -0.2) is 22.9 Å². The summed E-state index contributed by atoms with van der Waals surface area (Å²) in [4.78, 5) is 14.7. The molecule has 0 aromatic heterocycles. The standard InChI is InChI=1S/C10H13BrN2O/c1-4-5-6-13-8(2)9(11)7-12(3)10(13)14/h5-7H,2,4H2,1,3H3/b6-5-. The van der Waals surface area contributed by atoms with Gasteiger partial charge in [0.05, 0.1) is 10.2 Å². The smallest absolute Gasteiger partial charge is 0.302 e. The average Bonchev–Trinajstić information content (AvgIpc) is 2.15. The maximum atomic E-state index is 11.7. The Morgan fingerprint density at radius 1 is 1.64 bits per heavy atom. The van der Waals surface area contributed by atoms with Crippen molar-refractivity contribution >= 4 is 22.0 Å². The molecule has 0 atom stereocenters. The Hall–Kier alpha value is -1.03. The number of hydrogen-bond donors (Lipinski definition) is 0. The second kappa shape index (κ2) is 4.46. The average molecular weight is 257 g/mol. The molecule has 1 aliphatic heterocycles. The third-order valence-corrected chi connectivity index (χ3v) is 2.53. The molecule has 76 valence electrons. The van der Waals surface area contributed by atoms with E-state index in [0.717, 1.165) is 10.9 Å². The van der Waals surface area contributed by atoms with Gasteiger partial charge in [-0.1, -0.05) is 19.6 Å². The van der Waals surface area contributed by atoms with Crippen molar-refractivity contribution < 1.29 is 4.79 Å². The predicted molar refractivity (Wildman–Crippen MR) is 60.6 cm³/mol. The van der Waals surface area contributed by atoms with Crippen LogP contribution in [0.25, 0.3) is 0 Å². The van der Waals surface area contributed by atoms with Gasteiger partial charge < -0.3 is 4.90 Å². The summed E-state index contributed by atoms with van der Waals surface area (Å²) in [6.45, 7) is 5.84. The molecule has 3 nitrogen and oxygen atoms in total. The minimum absolute atomic E-state index is 0.0945. The van der Waals surface area contributed by atoms with Crippen LogP contribution in [0.2, 0.25) is 0 Å². The first kappa shape index (κ1) is 11.0. The molecule has 0 fully saturated rings. The molecular formula is C10H13BrN2O. The number of carbonyl (C=O) groups is 1. The number of allylic oxidation sites excluding steroid dienone is 2. The minimum Gasteiger partial charge on any atom is -0.302 e. The van der Waals surface area contributed by atoms with Gasteiger partial charge in [0, 0.05) is 19.4 Å². The van der Waals surface area contributed by atoms with Gasteiger partial charge in [0.15, 0.2) is 0 Å². The molecule has 1 rings (SSSR count). The van der Waals surface area contributed by atoms with Crippen molar-refractivity contribution in [3.63, 3.8) is 0 Å². The largest absolute Gasteiger partial charge is 0.332 e. The molecule has 0 aromatic rings. The molecule has 0 aromatic carbocycles. The molecule has 4 heteroatoms. The number of rotatable bonds is 2. The Bertz CT molecular complexity index is 320. The van der Waals surface area contributed by atoms with Gasteiger partial charge in [0.25, 0.3) is 0 Å². The number of hydrogen-bond acceptors (Lipinski definition) is 1. The highest BCUT2D eigenvalue weighted by atomic mass is 79.9. The fourth-order valence-corrected chi connectivity index (χ4v) is 1.56. The third-order valence-electron chi connectivity index (χ3n) is 1.87. The van der Waals surface area contributed by atoms with Crippen LogP contribution in [0, 0.1) is 0 Å². The lowest BCUT2D eigenvalue weighted by molar-refractivity contribution is 0.200. The first-order valence-corrected chi connectivity index (χ1v) is 5.16. The van der Waals surface area contributed by atoms with Crippen LogP contribution in [0.15, 0.2) is 35.2 Å². The van der Waals surface area contributed by atoms with Gasteiger partial charge in [-0.2, -0.15) is 0 Å². The summed E-state index contributed by atoms with van der Waals surface area (Å²) >= 11 is 3.35. The van der Waals surface area contributed by atoms with Crippen LogP contribution in [0.4, 0.5) is 4.79 Å². The van der Waals surface area contributed by atoms with E-state index in [2.05, 4.69) is 22.5 Å². The molecule has 0 radical (unpaired) electrons.